The molecule has 4 rings (SSSR count). The number of likely N-dealkylation sites (tertiary alicyclic amines) is 1. The molecule has 1 aliphatic heterocycles. The number of hydrogen-bond donors (Lipinski definition) is 2. The van der Waals surface area contributed by atoms with E-state index in [2.05, 4.69) is 10.3 Å². The van der Waals surface area contributed by atoms with Crippen LogP contribution in [0.4, 0.5) is 13.2 Å². The molecule has 1 spiro atoms. The summed E-state index contributed by atoms with van der Waals surface area (Å²) in [5.41, 5.74) is -0.586. The van der Waals surface area contributed by atoms with Crippen LogP contribution in [-0.4, -0.2) is 46.8 Å². The van der Waals surface area contributed by atoms with Gasteiger partial charge in [-0.05, 0) is 31.0 Å². The van der Waals surface area contributed by atoms with Crippen molar-refractivity contribution in [2.24, 2.45) is 5.41 Å². The van der Waals surface area contributed by atoms with Gasteiger partial charge in [0.05, 0.1) is 10.4 Å². The number of halogens is 4. The van der Waals surface area contributed by atoms with Crippen molar-refractivity contribution in [2.45, 2.75) is 38.2 Å². The molecule has 1 saturated carbocycles. The monoisotopic (exact) mass is 413 g/mol. The van der Waals surface area contributed by atoms with Crippen LogP contribution >= 0.6 is 11.6 Å². The van der Waals surface area contributed by atoms with E-state index in [4.69, 9.17) is 11.6 Å². The van der Waals surface area contributed by atoms with Crippen molar-refractivity contribution < 1.29 is 22.8 Å². The molecule has 1 aromatic carbocycles. The third-order valence-electron chi connectivity index (χ3n) is 5.82. The van der Waals surface area contributed by atoms with Crippen molar-refractivity contribution in [2.75, 3.05) is 13.1 Å². The number of nitrogens with one attached hydrogen (secondary N) is 2. The number of amides is 2. The Hall–Kier alpha value is -2.22. The smallest absolute Gasteiger partial charge is 0.268 e. The summed E-state index contributed by atoms with van der Waals surface area (Å²) in [7, 11) is 0. The summed E-state index contributed by atoms with van der Waals surface area (Å²) in [6, 6.07) is 3.43. The minimum atomic E-state index is -2.71. The van der Waals surface area contributed by atoms with E-state index < -0.39 is 29.1 Å². The molecular formula is C19H19ClF3N3O2. The lowest BCUT2D eigenvalue weighted by molar-refractivity contribution is -0.132. The number of aromatic nitrogens is 1. The highest BCUT2D eigenvalue weighted by atomic mass is 35.5. The topological polar surface area (TPSA) is 65.2 Å². The van der Waals surface area contributed by atoms with Crippen LogP contribution < -0.4 is 5.32 Å². The number of rotatable bonds is 4. The van der Waals surface area contributed by atoms with Gasteiger partial charge in [0, 0.05) is 30.4 Å². The van der Waals surface area contributed by atoms with Crippen molar-refractivity contribution in [3.05, 3.63) is 34.7 Å². The van der Waals surface area contributed by atoms with Gasteiger partial charge in [-0.25, -0.2) is 13.2 Å². The lowest BCUT2D eigenvalue weighted by atomic mass is 10.1. The molecule has 2 amide bonds. The number of benzene rings is 1. The highest BCUT2D eigenvalue weighted by molar-refractivity contribution is 6.31. The fourth-order valence-corrected chi connectivity index (χ4v) is 4.11. The van der Waals surface area contributed by atoms with Crippen molar-refractivity contribution in [3.8, 4) is 0 Å². The quantitative estimate of drug-likeness (QED) is 0.802. The lowest BCUT2D eigenvalue weighted by Crippen LogP contribution is -2.47. The first-order valence-corrected chi connectivity index (χ1v) is 9.49. The lowest BCUT2D eigenvalue weighted by Gasteiger charge is -2.23. The van der Waals surface area contributed by atoms with Gasteiger partial charge in [0.1, 0.15) is 11.7 Å². The van der Waals surface area contributed by atoms with Gasteiger partial charge in [0.25, 0.3) is 11.8 Å². The van der Waals surface area contributed by atoms with Crippen LogP contribution in [-0.2, 0) is 4.79 Å². The zero-order valence-electron chi connectivity index (χ0n) is 15.1. The van der Waals surface area contributed by atoms with Crippen molar-refractivity contribution >= 4 is 34.3 Å². The molecule has 0 radical (unpaired) electrons. The van der Waals surface area contributed by atoms with Crippen LogP contribution in [0.5, 0.6) is 0 Å². The summed E-state index contributed by atoms with van der Waals surface area (Å²) < 4.78 is 41.2. The van der Waals surface area contributed by atoms with Gasteiger partial charge < -0.3 is 15.2 Å². The molecule has 9 heteroatoms. The van der Waals surface area contributed by atoms with Gasteiger partial charge in [-0.3, -0.25) is 9.59 Å². The molecule has 1 aliphatic carbocycles. The van der Waals surface area contributed by atoms with Gasteiger partial charge in [0.15, 0.2) is 5.82 Å². The first-order chi connectivity index (χ1) is 13.2. The number of hydrogen-bond acceptors (Lipinski definition) is 2. The highest BCUT2D eigenvalue weighted by Crippen LogP contribution is 2.65. The van der Waals surface area contributed by atoms with Gasteiger partial charge in [-0.15, -0.1) is 0 Å². The van der Waals surface area contributed by atoms with E-state index in [9.17, 15) is 22.8 Å². The average Bonchev–Trinajstić information content (AvgIpc) is 3.05. The Kier molecular flexibility index (Phi) is 4.37. The first kappa shape index (κ1) is 19.1. The second-order valence-corrected chi connectivity index (χ2v) is 8.02. The number of alkyl halides is 2. The van der Waals surface area contributed by atoms with Gasteiger partial charge in [0.2, 0.25) is 5.91 Å². The zero-order valence-corrected chi connectivity index (χ0v) is 15.9. The highest BCUT2D eigenvalue weighted by Gasteiger charge is 2.73. The Morgan fingerprint density at radius 1 is 1.39 bits per heavy atom. The molecule has 1 saturated heterocycles. The largest absolute Gasteiger partial charge is 0.350 e. The SMILES string of the molecule is CC[C@@H](NC(=O)c1cc2c(F)c(Cl)ccc2[nH]1)C(=O)N1CC[C@]2(C1)CC2(F)F. The number of H-pyrrole nitrogens is 1. The normalized spacial score (nSPS) is 24.0. The molecular weight excluding hydrogens is 395 g/mol. The second-order valence-electron chi connectivity index (χ2n) is 7.61. The van der Waals surface area contributed by atoms with Crippen LogP contribution in [0.15, 0.2) is 18.2 Å². The maximum atomic E-state index is 14.1. The Labute approximate surface area is 164 Å². The van der Waals surface area contributed by atoms with E-state index in [0.717, 1.165) is 0 Å². The minimum Gasteiger partial charge on any atom is -0.350 e. The summed E-state index contributed by atoms with van der Waals surface area (Å²) >= 11 is 5.75. The van der Waals surface area contributed by atoms with Crippen LogP contribution in [0.25, 0.3) is 10.9 Å². The molecule has 28 heavy (non-hydrogen) atoms. The number of nitrogens with zero attached hydrogens (tertiary/aromatic N) is 1. The third-order valence-corrected chi connectivity index (χ3v) is 6.12. The number of carbonyl (C=O) groups is 2. The van der Waals surface area contributed by atoms with E-state index >= 15 is 0 Å². The molecule has 2 atom stereocenters. The third kappa shape index (κ3) is 2.94. The number of aromatic amines is 1. The predicted molar refractivity (Wildman–Crippen MR) is 98.0 cm³/mol. The number of fused-ring (bicyclic) bond motifs is 1. The summed E-state index contributed by atoms with van der Waals surface area (Å²) in [5, 5.41) is 2.74. The molecule has 1 aromatic heterocycles. The van der Waals surface area contributed by atoms with Crippen LogP contribution in [0.1, 0.15) is 36.7 Å². The molecule has 0 bridgehead atoms. The summed E-state index contributed by atoms with van der Waals surface area (Å²) in [6.45, 7) is 2.00. The summed E-state index contributed by atoms with van der Waals surface area (Å²) in [5.74, 6) is -4.29. The van der Waals surface area contributed by atoms with Gasteiger partial charge in [-0.1, -0.05) is 18.5 Å². The Morgan fingerprint density at radius 3 is 2.71 bits per heavy atom. The second kappa shape index (κ2) is 6.40. The Bertz CT molecular complexity index is 977. The standard InChI is InChI=1S/C19H19ClF3N3O2/c1-2-12(17(28)26-6-5-18(9-26)8-19(18,22)23)25-16(27)14-7-10-13(24-14)4-3-11(20)15(10)21/h3-4,7,12,24H,2,5-6,8-9H2,1H3,(H,25,27)/t12-,18-/m1/s1. The molecule has 0 unspecified atom stereocenters. The van der Waals surface area contributed by atoms with E-state index in [1.807, 2.05) is 0 Å². The zero-order chi connectivity index (χ0) is 20.3. The predicted octanol–water partition coefficient (Wildman–Crippen LogP) is 3.73. The van der Waals surface area contributed by atoms with Gasteiger partial charge in [-0.2, -0.15) is 0 Å². The minimum absolute atomic E-state index is 0.0152. The molecule has 150 valence electrons. The molecule has 2 aliphatic rings. The van der Waals surface area contributed by atoms with Crippen molar-refractivity contribution in [3.63, 3.8) is 0 Å². The van der Waals surface area contributed by atoms with Crippen molar-refractivity contribution in [1.82, 2.24) is 15.2 Å². The first-order valence-electron chi connectivity index (χ1n) is 9.12. The van der Waals surface area contributed by atoms with Crippen molar-refractivity contribution in [1.29, 1.82) is 0 Å². The fraction of sp³-hybridized carbons (Fsp3) is 0.474. The van der Waals surface area contributed by atoms with E-state index in [-0.39, 0.29) is 47.9 Å². The summed E-state index contributed by atoms with van der Waals surface area (Å²) in [4.78, 5) is 29.5. The average molecular weight is 414 g/mol. The molecule has 2 heterocycles. The van der Waals surface area contributed by atoms with Crippen LogP contribution in [0.3, 0.4) is 0 Å². The fourth-order valence-electron chi connectivity index (χ4n) is 3.94. The van der Waals surface area contributed by atoms with Crippen LogP contribution in [0, 0.1) is 11.2 Å². The number of carbonyl (C=O) groups excluding carboxylic acids is 2. The molecule has 2 fully saturated rings. The Balaban J connectivity index is 1.47. The van der Waals surface area contributed by atoms with Crippen LogP contribution in [0.2, 0.25) is 5.02 Å². The van der Waals surface area contributed by atoms with Gasteiger partial charge >= 0.3 is 0 Å². The van der Waals surface area contributed by atoms with E-state index in [1.54, 1.807) is 13.0 Å². The van der Waals surface area contributed by atoms with E-state index in [0.29, 0.717) is 11.9 Å². The molecule has 2 aromatic rings. The maximum Gasteiger partial charge on any atom is 0.268 e. The molecule has 2 N–H and O–H groups in total. The van der Waals surface area contributed by atoms with E-state index in [1.165, 1.54) is 17.0 Å². The maximum absolute atomic E-state index is 14.1. The Morgan fingerprint density at radius 2 is 2.11 bits per heavy atom. The summed E-state index contributed by atoms with van der Waals surface area (Å²) in [6.07, 6.45) is 0.402. The molecule has 5 nitrogen and oxygen atoms in total.